The van der Waals surface area contributed by atoms with E-state index in [9.17, 15) is 45.6 Å². The summed E-state index contributed by atoms with van der Waals surface area (Å²) in [5.41, 5.74) is 0. The van der Waals surface area contributed by atoms with Crippen LogP contribution in [0.15, 0.2) is 72.9 Å². The number of amides is 1. The van der Waals surface area contributed by atoms with Crippen LogP contribution in [0, 0.1) is 0 Å². The van der Waals surface area contributed by atoms with Crippen LogP contribution in [0.5, 0.6) is 0 Å². The molecule has 500 valence electrons. The number of carbonyl (C=O) groups excluding carboxylic acids is 1. The van der Waals surface area contributed by atoms with Gasteiger partial charge in [-0.15, -0.1) is 0 Å². The number of allylic oxidation sites excluding steroid dienone is 11. The molecule has 1 amide bonds. The summed E-state index contributed by atoms with van der Waals surface area (Å²) in [7, 11) is 0. The lowest BCUT2D eigenvalue weighted by Gasteiger charge is -2.46. The lowest BCUT2D eigenvalue weighted by atomic mass is 9.97. The molecule has 0 aliphatic carbocycles. The molecule has 14 nitrogen and oxygen atoms in total. The normalized spacial score (nSPS) is 23.8. The van der Waals surface area contributed by atoms with Crippen LogP contribution in [0.1, 0.15) is 284 Å². The van der Waals surface area contributed by atoms with Gasteiger partial charge in [0.15, 0.2) is 12.6 Å². The van der Waals surface area contributed by atoms with Crippen LogP contribution in [-0.2, 0) is 23.7 Å². The summed E-state index contributed by atoms with van der Waals surface area (Å²) < 4.78 is 22.8. The van der Waals surface area contributed by atoms with E-state index in [0.717, 1.165) is 70.6 Å². The van der Waals surface area contributed by atoms with Gasteiger partial charge in [-0.05, 0) is 64.2 Å². The maximum absolute atomic E-state index is 13.3. The molecule has 2 saturated heterocycles. The van der Waals surface area contributed by atoms with E-state index in [0.29, 0.717) is 6.42 Å². The third kappa shape index (κ3) is 40.2. The summed E-state index contributed by atoms with van der Waals surface area (Å²) in [6, 6.07) is -0.938. The Bertz CT molecular complexity index is 1720. The maximum Gasteiger partial charge on any atom is 0.220 e. The van der Waals surface area contributed by atoms with Crippen LogP contribution in [-0.4, -0.2) is 140 Å². The van der Waals surface area contributed by atoms with Crippen molar-refractivity contribution >= 4 is 5.91 Å². The van der Waals surface area contributed by atoms with E-state index in [1.54, 1.807) is 6.08 Å². The first-order valence-corrected chi connectivity index (χ1v) is 35.2. The zero-order chi connectivity index (χ0) is 62.3. The third-order valence-electron chi connectivity index (χ3n) is 16.9. The number of aliphatic hydroxyl groups is 8. The predicted molar refractivity (Wildman–Crippen MR) is 350 cm³/mol. The van der Waals surface area contributed by atoms with E-state index in [1.165, 1.54) is 186 Å². The van der Waals surface area contributed by atoms with Crippen molar-refractivity contribution in [3.8, 4) is 0 Å². The van der Waals surface area contributed by atoms with Gasteiger partial charge in [-0.25, -0.2) is 0 Å². The molecule has 0 bridgehead atoms. The molecule has 2 heterocycles. The number of carbonyl (C=O) groups is 1. The molecule has 86 heavy (non-hydrogen) atoms. The second-order valence-corrected chi connectivity index (χ2v) is 24.6. The van der Waals surface area contributed by atoms with Gasteiger partial charge in [0.25, 0.3) is 0 Å². The molecule has 2 aliphatic rings. The van der Waals surface area contributed by atoms with Crippen molar-refractivity contribution in [3.63, 3.8) is 0 Å². The van der Waals surface area contributed by atoms with E-state index >= 15 is 0 Å². The number of aliphatic hydroxyl groups excluding tert-OH is 8. The second-order valence-electron chi connectivity index (χ2n) is 24.6. The van der Waals surface area contributed by atoms with E-state index in [1.807, 2.05) is 6.08 Å². The number of hydrogen-bond donors (Lipinski definition) is 9. The standard InChI is InChI=1S/C72H129NO13/c1-3-5-7-9-11-13-15-17-19-21-23-24-25-26-27-28-29-30-31-32-33-34-35-36-38-39-41-43-45-47-49-51-53-55-61(76)60(73-64(77)56-54-52-50-48-46-44-42-40-37-22-20-18-16-14-12-10-8-6-4-2)59-83-71-69(82)67(80)70(63(58-75)85-71)86-72-68(81)66(79)65(78)62(57-74)84-72/h6,8,12,14,18,20,37,40,44,46,53,55,60-63,65-72,74-76,78-82H,3-5,7,9-11,13,15-17,19,21-36,38-39,41-43,45,47-52,54,56-59H2,1-2H3,(H,73,77)/b8-6-,14-12-,20-18-,40-37-,46-44-,55-53+. The smallest absolute Gasteiger partial charge is 0.220 e. The molecule has 0 aromatic rings. The maximum atomic E-state index is 13.3. The molecule has 14 heteroatoms. The van der Waals surface area contributed by atoms with Crippen LogP contribution in [0.2, 0.25) is 0 Å². The Morgan fingerprint density at radius 2 is 0.802 bits per heavy atom. The molecule has 0 aromatic heterocycles. The molecule has 2 fully saturated rings. The first-order chi connectivity index (χ1) is 42.1. The van der Waals surface area contributed by atoms with Crippen molar-refractivity contribution in [3.05, 3.63) is 72.9 Å². The van der Waals surface area contributed by atoms with Crippen LogP contribution >= 0.6 is 0 Å². The lowest BCUT2D eigenvalue weighted by molar-refractivity contribution is -0.359. The van der Waals surface area contributed by atoms with E-state index in [-0.39, 0.29) is 18.9 Å². The van der Waals surface area contributed by atoms with E-state index in [2.05, 4.69) is 79.9 Å². The summed E-state index contributed by atoms with van der Waals surface area (Å²) in [6.45, 7) is 2.69. The van der Waals surface area contributed by atoms with Crippen molar-refractivity contribution in [2.45, 2.75) is 357 Å². The van der Waals surface area contributed by atoms with Gasteiger partial charge in [0.1, 0.15) is 48.8 Å². The highest BCUT2D eigenvalue weighted by atomic mass is 16.7. The summed E-state index contributed by atoms with van der Waals surface area (Å²) in [5.74, 6) is -0.270. The number of nitrogens with one attached hydrogen (secondary N) is 1. The summed E-state index contributed by atoms with van der Waals surface area (Å²) >= 11 is 0. The van der Waals surface area contributed by atoms with Crippen molar-refractivity contribution in [2.24, 2.45) is 0 Å². The molecular weight excluding hydrogens is 1090 g/mol. The Hall–Kier alpha value is -2.57. The van der Waals surface area contributed by atoms with Crippen LogP contribution in [0.3, 0.4) is 0 Å². The molecule has 0 saturated carbocycles. The van der Waals surface area contributed by atoms with Crippen molar-refractivity contribution < 1.29 is 64.6 Å². The van der Waals surface area contributed by atoms with Gasteiger partial charge in [-0.1, -0.05) is 286 Å². The highest BCUT2D eigenvalue weighted by Gasteiger charge is 2.51. The molecule has 2 rings (SSSR count). The number of rotatable bonds is 57. The van der Waals surface area contributed by atoms with E-state index in [4.69, 9.17) is 18.9 Å². The van der Waals surface area contributed by atoms with Gasteiger partial charge >= 0.3 is 0 Å². The van der Waals surface area contributed by atoms with Crippen molar-refractivity contribution in [1.29, 1.82) is 0 Å². The second kappa shape index (κ2) is 56.4. The Morgan fingerprint density at radius 1 is 0.430 bits per heavy atom. The Labute approximate surface area is 523 Å². The lowest BCUT2D eigenvalue weighted by Crippen LogP contribution is -2.65. The highest BCUT2D eigenvalue weighted by Crippen LogP contribution is 2.30. The molecule has 0 radical (unpaired) electrons. The minimum atomic E-state index is -1.80. The van der Waals surface area contributed by atoms with E-state index < -0.39 is 86.8 Å². The first kappa shape index (κ1) is 79.5. The van der Waals surface area contributed by atoms with Crippen molar-refractivity contribution in [1.82, 2.24) is 5.32 Å². The Morgan fingerprint density at radius 3 is 1.23 bits per heavy atom. The molecule has 0 aromatic carbocycles. The molecule has 12 unspecified atom stereocenters. The fraction of sp³-hybridized carbons (Fsp3) is 0.819. The SMILES string of the molecule is CC/C=C\C/C=C\C/C=C\C/C=C\C/C=C\CCCCCC(=O)NC(COC1OC(CO)C(OC2OC(CO)C(O)C(O)C2O)C(O)C1O)C(O)/C=C/CCCCCCCCCCCCCCCCCCCCCCCCCCCCCCCCC. The fourth-order valence-corrected chi connectivity index (χ4v) is 11.3. The summed E-state index contributed by atoms with van der Waals surface area (Å²) in [5, 5.41) is 87.4. The van der Waals surface area contributed by atoms with Crippen LogP contribution < -0.4 is 5.32 Å². The Kier molecular flexibility index (Phi) is 52.2. The Balaban J connectivity index is 1.67. The van der Waals surface area contributed by atoms with Gasteiger partial charge in [0, 0.05) is 6.42 Å². The summed E-state index contributed by atoms with van der Waals surface area (Å²) in [4.78, 5) is 13.3. The fourth-order valence-electron chi connectivity index (χ4n) is 11.3. The topological polar surface area (TPSA) is 228 Å². The van der Waals surface area contributed by atoms with Crippen molar-refractivity contribution in [2.75, 3.05) is 19.8 Å². The zero-order valence-corrected chi connectivity index (χ0v) is 54.3. The number of ether oxygens (including phenoxy) is 4. The van der Waals surface area contributed by atoms with Gasteiger partial charge in [-0.3, -0.25) is 4.79 Å². The first-order valence-electron chi connectivity index (χ1n) is 35.2. The van der Waals surface area contributed by atoms with Crippen LogP contribution in [0.4, 0.5) is 0 Å². The number of hydrogen-bond acceptors (Lipinski definition) is 13. The average molecular weight is 1220 g/mol. The molecule has 0 spiro atoms. The van der Waals surface area contributed by atoms with Gasteiger partial charge in [0.2, 0.25) is 5.91 Å². The molecule has 2 aliphatic heterocycles. The monoisotopic (exact) mass is 1220 g/mol. The average Bonchev–Trinajstić information content (AvgIpc) is 2.46. The quantitative estimate of drug-likeness (QED) is 0.0204. The highest BCUT2D eigenvalue weighted by molar-refractivity contribution is 5.76. The largest absolute Gasteiger partial charge is 0.394 e. The molecule has 9 N–H and O–H groups in total. The number of unbranched alkanes of at least 4 members (excludes halogenated alkanes) is 34. The van der Waals surface area contributed by atoms with Crippen LogP contribution in [0.25, 0.3) is 0 Å². The van der Waals surface area contributed by atoms with Gasteiger partial charge < -0.3 is 65.1 Å². The minimum absolute atomic E-state index is 0.239. The zero-order valence-electron chi connectivity index (χ0n) is 54.3. The van der Waals surface area contributed by atoms with Gasteiger partial charge in [-0.2, -0.15) is 0 Å². The van der Waals surface area contributed by atoms with Gasteiger partial charge in [0.05, 0.1) is 32.0 Å². The molecular formula is C72H129NO13. The minimum Gasteiger partial charge on any atom is -0.394 e. The predicted octanol–water partition coefficient (Wildman–Crippen LogP) is 14.2. The molecule has 12 atom stereocenters. The third-order valence-corrected chi connectivity index (χ3v) is 16.9. The summed E-state index contributed by atoms with van der Waals surface area (Å²) in [6.07, 6.45) is 59.7.